The van der Waals surface area contributed by atoms with Crippen LogP contribution in [0, 0.1) is 0 Å². The Kier molecular flexibility index (Phi) is 6.22. The first-order chi connectivity index (χ1) is 8.19. The minimum Gasteiger partial charge on any atom is -0.478 e. The quantitative estimate of drug-likeness (QED) is 0.694. The number of likely N-dealkylation sites (tertiary alicyclic amines) is 1. The standard InChI is InChI=1S/C13H23NO3/c1-2-11(13(16)17)6-9-14-8-4-3-5-12(14)7-10-15/h6,12,15H,2-5,7-10H2,1H3,(H,16,17). The lowest BCUT2D eigenvalue weighted by molar-refractivity contribution is -0.132. The molecule has 0 aromatic heterocycles. The predicted molar refractivity (Wildman–Crippen MR) is 66.9 cm³/mol. The molecule has 1 atom stereocenters. The van der Waals surface area contributed by atoms with Gasteiger partial charge in [-0.25, -0.2) is 4.79 Å². The third kappa shape index (κ3) is 4.48. The molecule has 4 heteroatoms. The second-order valence-electron chi connectivity index (χ2n) is 4.54. The minimum absolute atomic E-state index is 0.213. The Bertz CT molecular complexity index is 274. The summed E-state index contributed by atoms with van der Waals surface area (Å²) in [6.07, 6.45) is 6.67. The van der Waals surface area contributed by atoms with Crippen LogP contribution in [0.4, 0.5) is 0 Å². The van der Waals surface area contributed by atoms with Gasteiger partial charge in [-0.15, -0.1) is 0 Å². The van der Waals surface area contributed by atoms with Crippen LogP contribution in [0.15, 0.2) is 11.6 Å². The van der Waals surface area contributed by atoms with E-state index in [1.807, 2.05) is 13.0 Å². The molecule has 1 heterocycles. The van der Waals surface area contributed by atoms with E-state index < -0.39 is 5.97 Å². The highest BCUT2D eigenvalue weighted by Gasteiger charge is 2.21. The zero-order valence-corrected chi connectivity index (χ0v) is 10.6. The van der Waals surface area contributed by atoms with Crippen LogP contribution >= 0.6 is 0 Å². The number of aliphatic carboxylic acids is 1. The van der Waals surface area contributed by atoms with E-state index in [9.17, 15) is 4.79 Å². The highest BCUT2D eigenvalue weighted by molar-refractivity contribution is 5.86. The first-order valence-corrected chi connectivity index (χ1v) is 6.46. The van der Waals surface area contributed by atoms with Crippen LogP contribution in [0.25, 0.3) is 0 Å². The van der Waals surface area contributed by atoms with E-state index in [4.69, 9.17) is 10.2 Å². The summed E-state index contributed by atoms with van der Waals surface area (Å²) < 4.78 is 0. The molecule has 2 N–H and O–H groups in total. The fraction of sp³-hybridized carbons (Fsp3) is 0.769. The summed E-state index contributed by atoms with van der Waals surface area (Å²) >= 11 is 0. The smallest absolute Gasteiger partial charge is 0.331 e. The van der Waals surface area contributed by atoms with Gasteiger partial charge in [0.05, 0.1) is 0 Å². The van der Waals surface area contributed by atoms with E-state index in [1.165, 1.54) is 12.8 Å². The molecule has 98 valence electrons. The van der Waals surface area contributed by atoms with Gasteiger partial charge in [0, 0.05) is 24.8 Å². The molecule has 17 heavy (non-hydrogen) atoms. The molecule has 0 spiro atoms. The van der Waals surface area contributed by atoms with Gasteiger partial charge in [-0.2, -0.15) is 0 Å². The van der Waals surface area contributed by atoms with Crippen molar-refractivity contribution in [3.63, 3.8) is 0 Å². The number of hydrogen-bond acceptors (Lipinski definition) is 3. The van der Waals surface area contributed by atoms with Crippen LogP contribution in [0.3, 0.4) is 0 Å². The van der Waals surface area contributed by atoms with Gasteiger partial charge < -0.3 is 10.2 Å². The molecular formula is C13H23NO3. The Morgan fingerprint density at radius 2 is 2.24 bits per heavy atom. The summed E-state index contributed by atoms with van der Waals surface area (Å²) in [7, 11) is 0. The van der Waals surface area contributed by atoms with Gasteiger partial charge >= 0.3 is 5.97 Å². The van der Waals surface area contributed by atoms with Crippen LogP contribution in [0.5, 0.6) is 0 Å². The number of aliphatic hydroxyl groups is 1. The van der Waals surface area contributed by atoms with Gasteiger partial charge in [-0.1, -0.05) is 19.4 Å². The van der Waals surface area contributed by atoms with Crippen LogP contribution in [-0.4, -0.2) is 46.8 Å². The molecule has 0 aromatic rings. The molecule has 0 aliphatic carbocycles. The molecule has 0 aromatic carbocycles. The van der Waals surface area contributed by atoms with Gasteiger partial charge in [-0.05, 0) is 32.2 Å². The lowest BCUT2D eigenvalue weighted by Crippen LogP contribution is -2.40. The summed E-state index contributed by atoms with van der Waals surface area (Å²) in [5.41, 5.74) is 0.485. The fourth-order valence-corrected chi connectivity index (χ4v) is 2.39. The normalized spacial score (nSPS) is 22.7. The summed E-state index contributed by atoms with van der Waals surface area (Å²) in [4.78, 5) is 13.2. The Morgan fingerprint density at radius 3 is 2.82 bits per heavy atom. The number of carboxylic acid groups (broad SMARTS) is 1. The van der Waals surface area contributed by atoms with Crippen molar-refractivity contribution in [3.05, 3.63) is 11.6 Å². The molecule has 1 rings (SSSR count). The third-order valence-electron chi connectivity index (χ3n) is 3.44. The van der Waals surface area contributed by atoms with Gasteiger partial charge in [0.1, 0.15) is 0 Å². The second-order valence-corrected chi connectivity index (χ2v) is 4.54. The number of piperidine rings is 1. The van der Waals surface area contributed by atoms with E-state index in [-0.39, 0.29) is 6.61 Å². The monoisotopic (exact) mass is 241 g/mol. The lowest BCUT2D eigenvalue weighted by Gasteiger charge is -2.34. The van der Waals surface area contributed by atoms with Crippen molar-refractivity contribution in [1.82, 2.24) is 4.90 Å². The Labute approximate surface area is 103 Å². The number of carbonyl (C=O) groups is 1. The van der Waals surface area contributed by atoms with Crippen LogP contribution < -0.4 is 0 Å². The maximum absolute atomic E-state index is 10.9. The maximum Gasteiger partial charge on any atom is 0.331 e. The molecular weight excluding hydrogens is 218 g/mol. The molecule has 1 aliphatic rings. The largest absolute Gasteiger partial charge is 0.478 e. The number of nitrogens with zero attached hydrogens (tertiary/aromatic N) is 1. The van der Waals surface area contributed by atoms with E-state index >= 15 is 0 Å². The van der Waals surface area contributed by atoms with Crippen molar-refractivity contribution in [3.8, 4) is 0 Å². The molecule has 1 saturated heterocycles. The molecule has 1 fully saturated rings. The minimum atomic E-state index is -0.816. The van der Waals surface area contributed by atoms with Gasteiger partial charge in [0.25, 0.3) is 0 Å². The van der Waals surface area contributed by atoms with Gasteiger partial charge in [0.2, 0.25) is 0 Å². The van der Waals surface area contributed by atoms with Crippen molar-refractivity contribution in [1.29, 1.82) is 0 Å². The topological polar surface area (TPSA) is 60.8 Å². The maximum atomic E-state index is 10.9. The van der Waals surface area contributed by atoms with E-state index in [2.05, 4.69) is 4.90 Å². The molecule has 0 bridgehead atoms. The summed E-state index contributed by atoms with van der Waals surface area (Å²) in [6.45, 7) is 3.78. The molecule has 0 radical (unpaired) electrons. The zero-order chi connectivity index (χ0) is 12.7. The lowest BCUT2D eigenvalue weighted by atomic mass is 9.99. The van der Waals surface area contributed by atoms with E-state index in [0.29, 0.717) is 24.6 Å². The van der Waals surface area contributed by atoms with Crippen molar-refractivity contribution >= 4 is 5.97 Å². The highest BCUT2D eigenvalue weighted by atomic mass is 16.4. The number of rotatable bonds is 6. The Hall–Kier alpha value is -0.870. The molecule has 1 aliphatic heterocycles. The zero-order valence-electron chi connectivity index (χ0n) is 10.6. The second kappa shape index (κ2) is 7.45. The summed E-state index contributed by atoms with van der Waals surface area (Å²) in [5.74, 6) is -0.816. The van der Waals surface area contributed by atoms with Crippen LogP contribution in [0.1, 0.15) is 39.0 Å². The highest BCUT2D eigenvalue weighted by Crippen LogP contribution is 2.19. The Morgan fingerprint density at radius 1 is 1.47 bits per heavy atom. The van der Waals surface area contributed by atoms with E-state index in [1.54, 1.807) is 0 Å². The van der Waals surface area contributed by atoms with Crippen molar-refractivity contribution in [2.24, 2.45) is 0 Å². The van der Waals surface area contributed by atoms with Crippen molar-refractivity contribution in [2.75, 3.05) is 19.7 Å². The van der Waals surface area contributed by atoms with Crippen molar-refractivity contribution < 1.29 is 15.0 Å². The first kappa shape index (κ1) is 14.2. The predicted octanol–water partition coefficient (Wildman–Crippen LogP) is 1.64. The number of aliphatic hydroxyl groups excluding tert-OH is 1. The average Bonchev–Trinajstić information content (AvgIpc) is 2.32. The number of carboxylic acids is 1. The van der Waals surface area contributed by atoms with Gasteiger partial charge in [-0.3, -0.25) is 4.90 Å². The van der Waals surface area contributed by atoms with E-state index in [0.717, 1.165) is 19.4 Å². The third-order valence-corrected chi connectivity index (χ3v) is 3.44. The number of hydrogen-bond donors (Lipinski definition) is 2. The van der Waals surface area contributed by atoms with Crippen LogP contribution in [0.2, 0.25) is 0 Å². The SMILES string of the molecule is CCC(=CCN1CCCCC1CCO)C(=O)O. The van der Waals surface area contributed by atoms with Crippen LogP contribution in [-0.2, 0) is 4.79 Å². The fourth-order valence-electron chi connectivity index (χ4n) is 2.39. The summed E-state index contributed by atoms with van der Waals surface area (Å²) in [6, 6.07) is 0.414. The molecule has 0 amide bonds. The molecule has 0 saturated carbocycles. The van der Waals surface area contributed by atoms with Crippen molar-refractivity contribution in [2.45, 2.75) is 45.1 Å². The Balaban J connectivity index is 2.55. The average molecular weight is 241 g/mol. The first-order valence-electron chi connectivity index (χ1n) is 6.46. The summed E-state index contributed by atoms with van der Waals surface area (Å²) in [5, 5.41) is 18.0. The molecule has 4 nitrogen and oxygen atoms in total. The van der Waals surface area contributed by atoms with Gasteiger partial charge in [0.15, 0.2) is 0 Å². The molecule has 1 unspecified atom stereocenters.